The van der Waals surface area contributed by atoms with Gasteiger partial charge in [-0.3, -0.25) is 4.79 Å². The molecular weight excluding hydrogens is 344 g/mol. The maximum Gasteiger partial charge on any atom is 0.345 e. The highest BCUT2D eigenvalue weighted by Crippen LogP contribution is 2.14. The molecule has 0 bridgehead atoms. The van der Waals surface area contributed by atoms with Crippen LogP contribution in [-0.4, -0.2) is 23.2 Å². The standard InChI is InChI=1S/C13H9BrN2O3S/c14-9-3-1-8(2-4-9)12(17)16-15-7-10-5-6-11(20-10)13(18)19/h1-7H,(H,16,17)(H,18,19)/b15-7+. The Kier molecular flexibility index (Phi) is 4.65. The monoisotopic (exact) mass is 352 g/mol. The number of thiophene rings is 1. The molecule has 0 aliphatic rings. The third-order valence-corrected chi connectivity index (χ3v) is 3.84. The van der Waals surface area contributed by atoms with E-state index in [0.717, 1.165) is 15.8 Å². The average Bonchev–Trinajstić information content (AvgIpc) is 2.88. The molecule has 7 heteroatoms. The summed E-state index contributed by atoms with van der Waals surface area (Å²) in [5, 5.41) is 12.6. The smallest absolute Gasteiger partial charge is 0.345 e. The fourth-order valence-corrected chi connectivity index (χ4v) is 2.34. The van der Waals surface area contributed by atoms with Gasteiger partial charge in [0.15, 0.2) is 0 Å². The lowest BCUT2D eigenvalue weighted by atomic mass is 10.2. The summed E-state index contributed by atoms with van der Waals surface area (Å²) in [5.41, 5.74) is 2.87. The number of carbonyl (C=O) groups is 2. The van der Waals surface area contributed by atoms with Crippen LogP contribution in [0.25, 0.3) is 0 Å². The van der Waals surface area contributed by atoms with Crippen molar-refractivity contribution in [2.24, 2.45) is 5.10 Å². The number of carboxylic acid groups (broad SMARTS) is 1. The zero-order chi connectivity index (χ0) is 14.5. The number of hydrazone groups is 1. The number of carboxylic acids is 1. The van der Waals surface area contributed by atoms with E-state index >= 15 is 0 Å². The fourth-order valence-electron chi connectivity index (χ4n) is 1.36. The Bertz CT molecular complexity index is 665. The van der Waals surface area contributed by atoms with Crippen molar-refractivity contribution < 1.29 is 14.7 Å². The Morgan fingerprint density at radius 3 is 2.50 bits per heavy atom. The van der Waals surface area contributed by atoms with Crippen molar-refractivity contribution in [3.63, 3.8) is 0 Å². The Balaban J connectivity index is 1.97. The molecule has 0 spiro atoms. The molecule has 0 aliphatic carbocycles. The van der Waals surface area contributed by atoms with Crippen molar-refractivity contribution >= 4 is 45.4 Å². The van der Waals surface area contributed by atoms with Gasteiger partial charge in [0.1, 0.15) is 4.88 Å². The first-order valence-electron chi connectivity index (χ1n) is 5.48. The first-order chi connectivity index (χ1) is 9.56. The van der Waals surface area contributed by atoms with Crippen LogP contribution in [0.2, 0.25) is 0 Å². The lowest BCUT2D eigenvalue weighted by Crippen LogP contribution is -2.17. The maximum absolute atomic E-state index is 11.7. The molecule has 1 aromatic carbocycles. The van der Waals surface area contributed by atoms with Crippen LogP contribution in [-0.2, 0) is 0 Å². The summed E-state index contributed by atoms with van der Waals surface area (Å²) in [5.74, 6) is -1.31. The number of amides is 1. The van der Waals surface area contributed by atoms with Crippen LogP contribution in [0, 0.1) is 0 Å². The van der Waals surface area contributed by atoms with Crippen molar-refractivity contribution in [3.05, 3.63) is 56.2 Å². The van der Waals surface area contributed by atoms with Crippen LogP contribution in [0.5, 0.6) is 0 Å². The Morgan fingerprint density at radius 2 is 1.90 bits per heavy atom. The molecule has 1 heterocycles. The second-order valence-electron chi connectivity index (χ2n) is 3.71. The first-order valence-corrected chi connectivity index (χ1v) is 7.09. The van der Waals surface area contributed by atoms with Gasteiger partial charge in [0.2, 0.25) is 0 Å². The van der Waals surface area contributed by atoms with Gasteiger partial charge in [-0.05, 0) is 36.4 Å². The van der Waals surface area contributed by atoms with Gasteiger partial charge in [0.25, 0.3) is 5.91 Å². The van der Waals surface area contributed by atoms with E-state index in [9.17, 15) is 9.59 Å². The number of benzene rings is 1. The summed E-state index contributed by atoms with van der Waals surface area (Å²) in [7, 11) is 0. The molecule has 1 amide bonds. The number of rotatable bonds is 4. The molecule has 0 aliphatic heterocycles. The van der Waals surface area contributed by atoms with Crippen molar-refractivity contribution in [3.8, 4) is 0 Å². The van der Waals surface area contributed by atoms with E-state index in [1.807, 2.05) is 0 Å². The molecule has 5 nitrogen and oxygen atoms in total. The minimum Gasteiger partial charge on any atom is -0.477 e. The summed E-state index contributed by atoms with van der Waals surface area (Å²) in [6, 6.07) is 9.98. The SMILES string of the molecule is O=C(N/N=C/c1ccc(C(=O)O)s1)c1ccc(Br)cc1. The third kappa shape index (κ3) is 3.75. The fraction of sp³-hybridized carbons (Fsp3) is 0. The van der Waals surface area contributed by atoms with E-state index in [0.29, 0.717) is 10.4 Å². The molecule has 2 N–H and O–H groups in total. The molecule has 1 aromatic heterocycles. The highest BCUT2D eigenvalue weighted by Gasteiger charge is 2.06. The van der Waals surface area contributed by atoms with Gasteiger partial charge < -0.3 is 5.11 Å². The van der Waals surface area contributed by atoms with Gasteiger partial charge in [0, 0.05) is 14.9 Å². The van der Waals surface area contributed by atoms with E-state index in [2.05, 4.69) is 26.5 Å². The van der Waals surface area contributed by atoms with E-state index < -0.39 is 5.97 Å². The predicted octanol–water partition coefficient (Wildman–Crippen LogP) is 2.97. The third-order valence-electron chi connectivity index (χ3n) is 2.30. The first kappa shape index (κ1) is 14.4. The Hall–Kier alpha value is -1.99. The Labute approximate surface area is 127 Å². The summed E-state index contributed by atoms with van der Waals surface area (Å²) in [6.07, 6.45) is 1.41. The number of hydrogen-bond acceptors (Lipinski definition) is 4. The van der Waals surface area contributed by atoms with Crippen LogP contribution in [0.1, 0.15) is 24.9 Å². The molecule has 0 unspecified atom stereocenters. The lowest BCUT2D eigenvalue weighted by molar-refractivity contribution is 0.0702. The second kappa shape index (κ2) is 6.44. The summed E-state index contributed by atoms with van der Waals surface area (Å²) < 4.78 is 0.886. The number of carbonyl (C=O) groups excluding carboxylic acids is 1. The topological polar surface area (TPSA) is 78.8 Å². The minimum absolute atomic E-state index is 0.227. The normalized spacial score (nSPS) is 10.7. The van der Waals surface area contributed by atoms with E-state index in [-0.39, 0.29) is 10.8 Å². The van der Waals surface area contributed by atoms with Crippen molar-refractivity contribution in [2.45, 2.75) is 0 Å². The lowest BCUT2D eigenvalue weighted by Gasteiger charge is -1.99. The molecule has 102 valence electrons. The van der Waals surface area contributed by atoms with Crippen molar-refractivity contribution in [2.75, 3.05) is 0 Å². The van der Waals surface area contributed by atoms with E-state index in [1.54, 1.807) is 30.3 Å². The summed E-state index contributed by atoms with van der Waals surface area (Å²) >= 11 is 4.37. The van der Waals surface area contributed by atoms with E-state index in [4.69, 9.17) is 5.11 Å². The zero-order valence-electron chi connectivity index (χ0n) is 10.0. The molecule has 20 heavy (non-hydrogen) atoms. The molecule has 2 aromatic rings. The van der Waals surface area contributed by atoms with Gasteiger partial charge in [-0.25, -0.2) is 10.2 Å². The highest BCUT2D eigenvalue weighted by atomic mass is 79.9. The van der Waals surface area contributed by atoms with Crippen molar-refractivity contribution in [1.82, 2.24) is 5.43 Å². The predicted molar refractivity (Wildman–Crippen MR) is 80.5 cm³/mol. The summed E-state index contributed by atoms with van der Waals surface area (Å²) in [4.78, 5) is 23.3. The van der Waals surface area contributed by atoms with Gasteiger partial charge in [0.05, 0.1) is 6.21 Å². The zero-order valence-corrected chi connectivity index (χ0v) is 12.4. The van der Waals surface area contributed by atoms with E-state index in [1.165, 1.54) is 12.3 Å². The Morgan fingerprint density at radius 1 is 1.20 bits per heavy atom. The minimum atomic E-state index is -0.978. The molecular formula is C13H9BrN2O3S. The van der Waals surface area contributed by atoms with Crippen LogP contribution in [0.15, 0.2) is 46.0 Å². The largest absolute Gasteiger partial charge is 0.477 e. The molecule has 0 radical (unpaired) electrons. The van der Waals surface area contributed by atoms with Crippen molar-refractivity contribution in [1.29, 1.82) is 0 Å². The van der Waals surface area contributed by atoms with Crippen LogP contribution >= 0.6 is 27.3 Å². The highest BCUT2D eigenvalue weighted by molar-refractivity contribution is 9.10. The second-order valence-corrected chi connectivity index (χ2v) is 5.74. The molecule has 0 atom stereocenters. The summed E-state index contributed by atoms with van der Waals surface area (Å²) in [6.45, 7) is 0. The number of aromatic carboxylic acids is 1. The van der Waals surface area contributed by atoms with Crippen LogP contribution < -0.4 is 5.43 Å². The number of halogens is 1. The average molecular weight is 353 g/mol. The number of hydrogen-bond donors (Lipinski definition) is 2. The van der Waals surface area contributed by atoms with Crippen LogP contribution in [0.4, 0.5) is 0 Å². The van der Waals surface area contributed by atoms with Crippen LogP contribution in [0.3, 0.4) is 0 Å². The van der Waals surface area contributed by atoms with Gasteiger partial charge in [-0.2, -0.15) is 5.10 Å². The van der Waals surface area contributed by atoms with Gasteiger partial charge >= 0.3 is 5.97 Å². The molecule has 0 saturated heterocycles. The maximum atomic E-state index is 11.7. The quantitative estimate of drug-likeness (QED) is 0.655. The van der Waals surface area contributed by atoms with Gasteiger partial charge in [-0.1, -0.05) is 15.9 Å². The van der Waals surface area contributed by atoms with Gasteiger partial charge in [-0.15, -0.1) is 11.3 Å². The molecule has 0 saturated carbocycles. The molecule has 2 rings (SSSR count). The number of nitrogens with one attached hydrogen (secondary N) is 1. The molecule has 0 fully saturated rings. The number of nitrogens with zero attached hydrogens (tertiary/aromatic N) is 1.